The molecule has 1 aliphatic carbocycles. The molecule has 3 nitrogen and oxygen atoms in total. The Hall–Kier alpha value is -1.87. The van der Waals surface area contributed by atoms with Crippen LogP contribution in [0.25, 0.3) is 0 Å². The molecule has 20 heavy (non-hydrogen) atoms. The van der Waals surface area contributed by atoms with Crippen LogP contribution in [0.4, 0.5) is 5.69 Å². The van der Waals surface area contributed by atoms with Crippen LogP contribution in [-0.2, 0) is 19.3 Å². The van der Waals surface area contributed by atoms with Crippen LogP contribution in [0, 0.1) is 5.92 Å². The van der Waals surface area contributed by atoms with E-state index in [0.717, 1.165) is 30.5 Å². The van der Waals surface area contributed by atoms with Crippen LogP contribution in [0.1, 0.15) is 23.1 Å². The van der Waals surface area contributed by atoms with Gasteiger partial charge in [0.05, 0.1) is 0 Å². The zero-order valence-electron chi connectivity index (χ0n) is 11.6. The van der Waals surface area contributed by atoms with Gasteiger partial charge >= 0.3 is 0 Å². The summed E-state index contributed by atoms with van der Waals surface area (Å²) in [6, 6.07) is 10.7. The first kappa shape index (κ1) is 13.1. The van der Waals surface area contributed by atoms with Crippen molar-refractivity contribution in [2.75, 3.05) is 5.73 Å². The number of fused-ring (bicyclic) bond motifs is 1. The van der Waals surface area contributed by atoms with E-state index < -0.39 is 0 Å². The smallest absolute Gasteiger partial charge is 0.0378 e. The zero-order chi connectivity index (χ0) is 13.9. The average Bonchev–Trinajstić information content (AvgIpc) is 2.49. The maximum Gasteiger partial charge on any atom is 0.0378 e. The van der Waals surface area contributed by atoms with Crippen LogP contribution in [0.15, 0.2) is 42.7 Å². The molecule has 0 fully saturated rings. The van der Waals surface area contributed by atoms with Crippen molar-refractivity contribution in [2.45, 2.75) is 31.7 Å². The predicted octanol–water partition coefficient (Wildman–Crippen LogP) is 2.34. The molecule has 1 aliphatic rings. The number of hydrogen-bond acceptors (Lipinski definition) is 3. The number of aryl methyl sites for hydroxylation is 1. The summed E-state index contributed by atoms with van der Waals surface area (Å²) in [5.74, 6) is 0.532. The fourth-order valence-corrected chi connectivity index (χ4v) is 3.12. The van der Waals surface area contributed by atoms with Gasteiger partial charge in [-0.25, -0.2) is 0 Å². The van der Waals surface area contributed by atoms with Gasteiger partial charge in [0, 0.05) is 24.1 Å². The molecule has 0 spiro atoms. The Kier molecular flexibility index (Phi) is 3.70. The van der Waals surface area contributed by atoms with Gasteiger partial charge in [0.25, 0.3) is 0 Å². The molecule has 3 rings (SSSR count). The van der Waals surface area contributed by atoms with Gasteiger partial charge in [-0.05, 0) is 54.4 Å². The van der Waals surface area contributed by atoms with E-state index in [1.165, 1.54) is 17.5 Å². The summed E-state index contributed by atoms with van der Waals surface area (Å²) < 4.78 is 0. The molecule has 1 aromatic carbocycles. The second-order valence-corrected chi connectivity index (χ2v) is 5.71. The Bertz CT molecular complexity index is 594. The molecular formula is C17H21N3. The highest BCUT2D eigenvalue weighted by Crippen LogP contribution is 2.28. The lowest BCUT2D eigenvalue weighted by Crippen LogP contribution is -2.36. The Morgan fingerprint density at radius 3 is 2.80 bits per heavy atom. The number of nitrogens with zero attached hydrogens (tertiary/aromatic N) is 1. The Labute approximate surface area is 120 Å². The van der Waals surface area contributed by atoms with E-state index >= 15 is 0 Å². The van der Waals surface area contributed by atoms with E-state index in [9.17, 15) is 0 Å². The average molecular weight is 267 g/mol. The van der Waals surface area contributed by atoms with E-state index in [2.05, 4.69) is 29.2 Å². The summed E-state index contributed by atoms with van der Waals surface area (Å²) in [6.45, 7) is 0. The third kappa shape index (κ3) is 2.68. The summed E-state index contributed by atoms with van der Waals surface area (Å²) >= 11 is 0. The molecule has 0 bridgehead atoms. The predicted molar refractivity (Wildman–Crippen MR) is 82.3 cm³/mol. The van der Waals surface area contributed by atoms with Gasteiger partial charge in [0.15, 0.2) is 0 Å². The number of aromatic nitrogens is 1. The maximum atomic E-state index is 6.42. The lowest BCUT2D eigenvalue weighted by Gasteiger charge is -2.29. The number of anilines is 1. The van der Waals surface area contributed by atoms with Crippen LogP contribution in [0.2, 0.25) is 0 Å². The number of nitrogen functional groups attached to an aromatic ring is 1. The third-order valence-electron chi connectivity index (χ3n) is 4.39. The highest BCUT2D eigenvalue weighted by molar-refractivity contribution is 5.44. The molecule has 2 unspecified atom stereocenters. The number of rotatable bonds is 3. The fourth-order valence-electron chi connectivity index (χ4n) is 3.12. The summed E-state index contributed by atoms with van der Waals surface area (Å²) in [6.07, 6.45) is 7.76. The first-order chi connectivity index (χ1) is 9.74. The molecule has 0 aliphatic heterocycles. The minimum atomic E-state index is 0.148. The second-order valence-electron chi connectivity index (χ2n) is 5.71. The standard InChI is InChI=1S/C17H21N3/c18-16-7-8-20-11-15(16)10-17(19)14-6-5-12-3-1-2-4-13(12)9-14/h1-4,7-8,11,14,17H,5-6,9-10,19H2,(H2,18,20). The molecule has 2 aromatic rings. The van der Waals surface area contributed by atoms with Gasteiger partial charge in [-0.2, -0.15) is 0 Å². The van der Waals surface area contributed by atoms with E-state index in [1.807, 2.05) is 12.3 Å². The first-order valence-corrected chi connectivity index (χ1v) is 7.25. The quantitative estimate of drug-likeness (QED) is 0.897. The lowest BCUT2D eigenvalue weighted by atomic mass is 9.79. The third-order valence-corrected chi connectivity index (χ3v) is 4.39. The van der Waals surface area contributed by atoms with Crippen molar-refractivity contribution < 1.29 is 0 Å². The highest BCUT2D eigenvalue weighted by Gasteiger charge is 2.24. The molecule has 104 valence electrons. The van der Waals surface area contributed by atoms with Gasteiger partial charge < -0.3 is 11.5 Å². The normalized spacial score (nSPS) is 19.4. The number of benzene rings is 1. The largest absolute Gasteiger partial charge is 0.398 e. The van der Waals surface area contributed by atoms with Crippen LogP contribution in [0.3, 0.4) is 0 Å². The molecular weight excluding hydrogens is 246 g/mol. The fraction of sp³-hybridized carbons (Fsp3) is 0.353. The van der Waals surface area contributed by atoms with E-state index in [4.69, 9.17) is 11.5 Å². The minimum Gasteiger partial charge on any atom is -0.398 e. The van der Waals surface area contributed by atoms with Crippen molar-refractivity contribution in [2.24, 2.45) is 11.7 Å². The molecule has 0 amide bonds. The second kappa shape index (κ2) is 5.63. The topological polar surface area (TPSA) is 64.9 Å². The van der Waals surface area contributed by atoms with Gasteiger partial charge in [-0.15, -0.1) is 0 Å². The zero-order valence-corrected chi connectivity index (χ0v) is 11.6. The lowest BCUT2D eigenvalue weighted by molar-refractivity contribution is 0.372. The molecule has 1 aromatic heterocycles. The Balaban J connectivity index is 1.70. The number of pyridine rings is 1. The summed E-state index contributed by atoms with van der Waals surface area (Å²) in [4.78, 5) is 4.14. The van der Waals surface area contributed by atoms with E-state index in [1.54, 1.807) is 6.20 Å². The summed E-state index contributed by atoms with van der Waals surface area (Å²) in [7, 11) is 0. The van der Waals surface area contributed by atoms with Crippen LogP contribution >= 0.6 is 0 Å². The van der Waals surface area contributed by atoms with Gasteiger partial charge in [0.2, 0.25) is 0 Å². The van der Waals surface area contributed by atoms with E-state index in [-0.39, 0.29) is 6.04 Å². The minimum absolute atomic E-state index is 0.148. The monoisotopic (exact) mass is 267 g/mol. The van der Waals surface area contributed by atoms with E-state index in [0.29, 0.717) is 5.92 Å². The molecule has 3 heteroatoms. The highest BCUT2D eigenvalue weighted by atomic mass is 14.7. The maximum absolute atomic E-state index is 6.42. The van der Waals surface area contributed by atoms with Crippen molar-refractivity contribution in [3.05, 3.63) is 59.4 Å². The van der Waals surface area contributed by atoms with Crippen LogP contribution in [-0.4, -0.2) is 11.0 Å². The number of nitrogens with two attached hydrogens (primary N) is 2. The van der Waals surface area contributed by atoms with Crippen molar-refractivity contribution >= 4 is 5.69 Å². The molecule has 4 N–H and O–H groups in total. The summed E-state index contributed by atoms with van der Waals surface area (Å²) in [5.41, 5.74) is 17.2. The molecule has 1 heterocycles. The summed E-state index contributed by atoms with van der Waals surface area (Å²) in [5, 5.41) is 0. The van der Waals surface area contributed by atoms with Gasteiger partial charge in [-0.1, -0.05) is 24.3 Å². The molecule has 0 saturated heterocycles. The molecule has 2 atom stereocenters. The first-order valence-electron chi connectivity index (χ1n) is 7.25. The van der Waals surface area contributed by atoms with Crippen LogP contribution in [0.5, 0.6) is 0 Å². The number of hydrogen-bond donors (Lipinski definition) is 2. The molecule has 0 radical (unpaired) electrons. The SMILES string of the molecule is Nc1ccncc1CC(N)C1CCc2ccccc2C1. The van der Waals surface area contributed by atoms with Crippen molar-refractivity contribution in [1.82, 2.24) is 4.98 Å². The van der Waals surface area contributed by atoms with Crippen molar-refractivity contribution in [1.29, 1.82) is 0 Å². The van der Waals surface area contributed by atoms with Crippen molar-refractivity contribution in [3.63, 3.8) is 0 Å². The van der Waals surface area contributed by atoms with Crippen LogP contribution < -0.4 is 11.5 Å². The van der Waals surface area contributed by atoms with Gasteiger partial charge in [0.1, 0.15) is 0 Å². The van der Waals surface area contributed by atoms with Gasteiger partial charge in [-0.3, -0.25) is 4.98 Å². The van der Waals surface area contributed by atoms with Crippen molar-refractivity contribution in [3.8, 4) is 0 Å². The Morgan fingerprint density at radius 1 is 1.20 bits per heavy atom. The Morgan fingerprint density at radius 2 is 2.00 bits per heavy atom. The molecule has 0 saturated carbocycles.